The van der Waals surface area contributed by atoms with Crippen LogP contribution < -0.4 is 4.90 Å². The molecule has 0 spiro atoms. The van der Waals surface area contributed by atoms with Crippen molar-refractivity contribution >= 4 is 21.6 Å². The van der Waals surface area contributed by atoms with E-state index in [1.54, 1.807) is 41.0 Å². The molecular weight excluding hydrogens is 388 g/mol. The van der Waals surface area contributed by atoms with Crippen LogP contribution in [0.2, 0.25) is 0 Å². The molecule has 0 fully saturated rings. The molecule has 4 rings (SSSR count). The van der Waals surface area contributed by atoms with Crippen LogP contribution >= 0.6 is 0 Å². The van der Waals surface area contributed by atoms with Crippen molar-refractivity contribution in [1.82, 2.24) is 14.1 Å². The summed E-state index contributed by atoms with van der Waals surface area (Å²) in [5.41, 5.74) is 3.39. The second-order valence-corrected chi connectivity index (χ2v) is 9.15. The standard InChI is InChI=1S/C21H22N4O3S/c1-16(26)24-11-10-18-12-20(8-9-21(18)24)29(27,28)23(2)14-17-13-22-25(15-17)19-6-4-3-5-7-19/h3-9,12-13,15H,10-11,14H2,1-2H3. The fraction of sp³-hybridized carbons (Fsp3) is 0.238. The number of benzene rings is 2. The first-order valence-electron chi connectivity index (χ1n) is 9.32. The van der Waals surface area contributed by atoms with Crippen LogP contribution in [0.15, 0.2) is 65.8 Å². The largest absolute Gasteiger partial charge is 0.312 e. The van der Waals surface area contributed by atoms with Gasteiger partial charge in [-0.2, -0.15) is 9.40 Å². The highest BCUT2D eigenvalue weighted by atomic mass is 32.2. The summed E-state index contributed by atoms with van der Waals surface area (Å²) < 4.78 is 29.1. The summed E-state index contributed by atoms with van der Waals surface area (Å²) in [4.78, 5) is 13.6. The Bertz CT molecular complexity index is 1160. The summed E-state index contributed by atoms with van der Waals surface area (Å²) >= 11 is 0. The van der Waals surface area contributed by atoms with Crippen LogP contribution in [0.25, 0.3) is 5.69 Å². The first kappa shape index (κ1) is 19.4. The van der Waals surface area contributed by atoms with Crippen LogP contribution in [-0.2, 0) is 27.8 Å². The molecule has 0 atom stereocenters. The molecule has 2 aromatic carbocycles. The Hall–Kier alpha value is -2.97. The SMILES string of the molecule is CC(=O)N1CCc2cc(S(=O)(=O)N(C)Cc3cnn(-c4ccccc4)c3)ccc21. The normalized spacial score (nSPS) is 13.7. The fourth-order valence-corrected chi connectivity index (χ4v) is 4.76. The van der Waals surface area contributed by atoms with Gasteiger partial charge in [0, 0.05) is 44.5 Å². The Kier molecular flexibility index (Phi) is 4.97. The maximum atomic E-state index is 13.0. The fourth-order valence-electron chi connectivity index (χ4n) is 3.55. The summed E-state index contributed by atoms with van der Waals surface area (Å²) in [5.74, 6) is -0.0353. The number of fused-ring (bicyclic) bond motifs is 1. The van der Waals surface area contributed by atoms with Gasteiger partial charge >= 0.3 is 0 Å². The minimum absolute atomic E-state index is 0.0353. The average Bonchev–Trinajstić information content (AvgIpc) is 3.35. The van der Waals surface area contributed by atoms with E-state index in [1.165, 1.54) is 11.2 Å². The number of amides is 1. The molecule has 29 heavy (non-hydrogen) atoms. The Morgan fingerprint density at radius 1 is 1.17 bits per heavy atom. The molecule has 150 valence electrons. The third-order valence-corrected chi connectivity index (χ3v) is 6.90. The smallest absolute Gasteiger partial charge is 0.243 e. The summed E-state index contributed by atoms with van der Waals surface area (Å²) in [5, 5.41) is 4.32. The lowest BCUT2D eigenvalue weighted by molar-refractivity contribution is -0.116. The maximum absolute atomic E-state index is 13.0. The highest BCUT2D eigenvalue weighted by Gasteiger charge is 2.27. The Labute approximate surface area is 170 Å². The quantitative estimate of drug-likeness (QED) is 0.648. The monoisotopic (exact) mass is 410 g/mol. The molecule has 0 unspecified atom stereocenters. The number of sulfonamides is 1. The highest BCUT2D eigenvalue weighted by molar-refractivity contribution is 7.89. The van der Waals surface area contributed by atoms with Crippen LogP contribution in [0.1, 0.15) is 18.1 Å². The lowest BCUT2D eigenvalue weighted by Crippen LogP contribution is -2.27. The molecule has 0 saturated heterocycles. The van der Waals surface area contributed by atoms with Gasteiger partial charge in [0.05, 0.1) is 16.8 Å². The number of hydrogen-bond acceptors (Lipinski definition) is 4. The van der Waals surface area contributed by atoms with E-state index in [0.717, 1.165) is 22.5 Å². The zero-order chi connectivity index (χ0) is 20.6. The molecule has 0 saturated carbocycles. The molecule has 7 nitrogen and oxygen atoms in total. The molecule has 0 radical (unpaired) electrons. The zero-order valence-electron chi connectivity index (χ0n) is 16.3. The first-order chi connectivity index (χ1) is 13.9. The Balaban J connectivity index is 1.54. The van der Waals surface area contributed by atoms with E-state index >= 15 is 0 Å². The van der Waals surface area contributed by atoms with E-state index in [1.807, 2.05) is 36.5 Å². The minimum Gasteiger partial charge on any atom is -0.312 e. The van der Waals surface area contributed by atoms with Gasteiger partial charge in [-0.25, -0.2) is 13.1 Å². The zero-order valence-corrected chi connectivity index (χ0v) is 17.1. The van der Waals surface area contributed by atoms with Crippen molar-refractivity contribution in [3.63, 3.8) is 0 Å². The van der Waals surface area contributed by atoms with Crippen molar-refractivity contribution in [1.29, 1.82) is 0 Å². The van der Waals surface area contributed by atoms with Crippen LogP contribution in [0.5, 0.6) is 0 Å². The van der Waals surface area contributed by atoms with E-state index < -0.39 is 10.0 Å². The topological polar surface area (TPSA) is 75.5 Å². The van der Waals surface area contributed by atoms with Crippen LogP contribution in [0.4, 0.5) is 5.69 Å². The number of rotatable bonds is 5. The van der Waals surface area contributed by atoms with Crippen molar-refractivity contribution in [2.45, 2.75) is 24.8 Å². The Morgan fingerprint density at radius 3 is 2.66 bits per heavy atom. The lowest BCUT2D eigenvalue weighted by Gasteiger charge is -2.18. The number of anilines is 1. The number of nitrogens with zero attached hydrogens (tertiary/aromatic N) is 4. The van der Waals surface area contributed by atoms with E-state index in [-0.39, 0.29) is 17.3 Å². The van der Waals surface area contributed by atoms with Gasteiger partial charge in [0.15, 0.2) is 0 Å². The molecule has 1 aliphatic heterocycles. The molecule has 0 aliphatic carbocycles. The molecule has 0 bridgehead atoms. The third-order valence-electron chi connectivity index (χ3n) is 5.10. The summed E-state index contributed by atoms with van der Waals surface area (Å²) in [6.45, 7) is 2.32. The molecule has 8 heteroatoms. The van der Waals surface area contributed by atoms with Crippen molar-refractivity contribution in [2.75, 3.05) is 18.5 Å². The number of carbonyl (C=O) groups excluding carboxylic acids is 1. The van der Waals surface area contributed by atoms with Gasteiger partial charge in [-0.3, -0.25) is 4.79 Å². The molecular formula is C21H22N4O3S. The van der Waals surface area contributed by atoms with Gasteiger partial charge in [0.25, 0.3) is 0 Å². The van der Waals surface area contributed by atoms with Crippen LogP contribution in [0, 0.1) is 0 Å². The van der Waals surface area contributed by atoms with Gasteiger partial charge in [-0.05, 0) is 42.3 Å². The summed E-state index contributed by atoms with van der Waals surface area (Å²) in [6.07, 6.45) is 4.16. The van der Waals surface area contributed by atoms with Crippen molar-refractivity contribution in [3.8, 4) is 5.69 Å². The average molecular weight is 410 g/mol. The first-order valence-corrected chi connectivity index (χ1v) is 10.8. The molecule has 0 N–H and O–H groups in total. The Morgan fingerprint density at radius 2 is 1.93 bits per heavy atom. The van der Waals surface area contributed by atoms with Gasteiger partial charge in [-0.1, -0.05) is 18.2 Å². The summed E-state index contributed by atoms with van der Waals surface area (Å²) in [7, 11) is -2.10. The lowest BCUT2D eigenvalue weighted by atomic mass is 10.2. The van der Waals surface area contributed by atoms with Gasteiger partial charge < -0.3 is 4.90 Å². The van der Waals surface area contributed by atoms with E-state index in [4.69, 9.17) is 0 Å². The van der Waals surface area contributed by atoms with Gasteiger partial charge in [-0.15, -0.1) is 0 Å². The highest BCUT2D eigenvalue weighted by Crippen LogP contribution is 2.31. The number of para-hydroxylation sites is 1. The third kappa shape index (κ3) is 3.68. The van der Waals surface area contributed by atoms with Crippen LogP contribution in [0.3, 0.4) is 0 Å². The second kappa shape index (κ2) is 7.46. The van der Waals surface area contributed by atoms with E-state index in [9.17, 15) is 13.2 Å². The number of carbonyl (C=O) groups is 1. The molecule has 3 aromatic rings. The second-order valence-electron chi connectivity index (χ2n) is 7.10. The van der Waals surface area contributed by atoms with Gasteiger partial charge in [0.1, 0.15) is 0 Å². The molecule has 2 heterocycles. The summed E-state index contributed by atoms with van der Waals surface area (Å²) in [6, 6.07) is 14.6. The minimum atomic E-state index is -3.66. The number of aromatic nitrogens is 2. The predicted octanol–water partition coefficient (Wildman–Crippen LogP) is 2.60. The molecule has 1 amide bonds. The molecule has 1 aromatic heterocycles. The van der Waals surface area contributed by atoms with Crippen molar-refractivity contribution < 1.29 is 13.2 Å². The van der Waals surface area contributed by atoms with Crippen LogP contribution in [-0.4, -0.2) is 42.0 Å². The maximum Gasteiger partial charge on any atom is 0.243 e. The predicted molar refractivity (Wildman–Crippen MR) is 110 cm³/mol. The molecule has 1 aliphatic rings. The van der Waals surface area contributed by atoms with Crippen molar-refractivity contribution in [3.05, 3.63) is 72.1 Å². The number of hydrogen-bond donors (Lipinski definition) is 0. The van der Waals surface area contributed by atoms with Gasteiger partial charge in [0.2, 0.25) is 15.9 Å². The van der Waals surface area contributed by atoms with Crippen molar-refractivity contribution in [2.24, 2.45) is 0 Å². The van der Waals surface area contributed by atoms with E-state index in [2.05, 4.69) is 5.10 Å². The van der Waals surface area contributed by atoms with E-state index in [0.29, 0.717) is 13.0 Å².